The molecule has 5 heteroatoms. The molecule has 1 saturated heterocycles. The molecule has 5 nitrogen and oxygen atoms in total. The van der Waals surface area contributed by atoms with Gasteiger partial charge in [-0.25, -0.2) is 0 Å². The molecule has 0 saturated carbocycles. The smallest absolute Gasteiger partial charge is 0.305 e. The summed E-state index contributed by atoms with van der Waals surface area (Å²) in [5.74, 6) is -1.27. The highest BCUT2D eigenvalue weighted by atomic mass is 16.5. The summed E-state index contributed by atoms with van der Waals surface area (Å²) in [7, 11) is 0. The second-order valence-electron chi connectivity index (χ2n) is 5.54. The minimum atomic E-state index is -0.933. The number of hydrogen-bond donors (Lipinski definition) is 2. The molecule has 1 amide bonds. The Kier molecular flexibility index (Phi) is 4.96. The van der Waals surface area contributed by atoms with Gasteiger partial charge >= 0.3 is 5.97 Å². The van der Waals surface area contributed by atoms with Crippen LogP contribution in [0.1, 0.15) is 36.9 Å². The number of benzene rings is 1. The van der Waals surface area contributed by atoms with Crippen LogP contribution in [0.2, 0.25) is 0 Å². The molecule has 0 spiro atoms. The molecule has 2 N–H and O–H groups in total. The zero-order valence-corrected chi connectivity index (χ0v) is 12.3. The zero-order chi connectivity index (χ0) is 15.4. The van der Waals surface area contributed by atoms with Crippen LogP contribution in [0.25, 0.3) is 0 Å². The van der Waals surface area contributed by atoms with Crippen molar-refractivity contribution in [2.24, 2.45) is 5.92 Å². The van der Waals surface area contributed by atoms with Crippen molar-refractivity contribution >= 4 is 11.9 Å². The number of carbonyl (C=O) groups excluding carboxylic acids is 1. The molecule has 1 aliphatic rings. The highest BCUT2D eigenvalue weighted by Gasteiger charge is 2.32. The van der Waals surface area contributed by atoms with Gasteiger partial charge in [0.25, 0.3) is 0 Å². The molecule has 1 aromatic carbocycles. The fraction of sp³-hybridized carbons (Fsp3) is 0.500. The van der Waals surface area contributed by atoms with E-state index < -0.39 is 12.0 Å². The lowest BCUT2D eigenvalue weighted by atomic mass is 9.98. The third-order valence-corrected chi connectivity index (χ3v) is 3.85. The molecule has 1 aromatic rings. The number of amides is 1. The first-order chi connectivity index (χ1) is 9.97. The van der Waals surface area contributed by atoms with Gasteiger partial charge in [0.05, 0.1) is 24.5 Å². The molecule has 1 heterocycles. The highest BCUT2D eigenvalue weighted by Crippen LogP contribution is 2.24. The van der Waals surface area contributed by atoms with Crippen LogP contribution in [0.3, 0.4) is 0 Å². The number of aliphatic carboxylic acids is 1. The summed E-state index contributed by atoms with van der Waals surface area (Å²) >= 11 is 0. The standard InChI is InChI=1S/C16H21NO4/c1-10-4-3-5-12(8-10)14(9-15(18)19)17-16(20)13-6-7-21-11(13)2/h3-5,8,11,13-14H,6-7,9H2,1-2H3,(H,17,20)(H,18,19). The topological polar surface area (TPSA) is 75.6 Å². The maximum absolute atomic E-state index is 12.3. The largest absolute Gasteiger partial charge is 0.481 e. The van der Waals surface area contributed by atoms with Crippen molar-refractivity contribution in [3.05, 3.63) is 35.4 Å². The van der Waals surface area contributed by atoms with Gasteiger partial charge in [-0.2, -0.15) is 0 Å². The van der Waals surface area contributed by atoms with E-state index in [1.165, 1.54) is 0 Å². The minimum Gasteiger partial charge on any atom is -0.481 e. The molecule has 3 atom stereocenters. The number of carboxylic acids is 1. The summed E-state index contributed by atoms with van der Waals surface area (Å²) in [5, 5.41) is 11.9. The van der Waals surface area contributed by atoms with Crippen molar-refractivity contribution in [2.75, 3.05) is 6.61 Å². The third kappa shape index (κ3) is 4.04. The Bertz CT molecular complexity index is 529. The average Bonchev–Trinajstić information content (AvgIpc) is 2.83. The van der Waals surface area contributed by atoms with Crippen molar-refractivity contribution in [2.45, 2.75) is 38.8 Å². The van der Waals surface area contributed by atoms with E-state index in [9.17, 15) is 9.59 Å². The van der Waals surface area contributed by atoms with Gasteiger partial charge in [-0.05, 0) is 25.8 Å². The molecule has 21 heavy (non-hydrogen) atoms. The first-order valence-corrected chi connectivity index (χ1v) is 7.17. The maximum Gasteiger partial charge on any atom is 0.305 e. The molecule has 0 aliphatic carbocycles. The molecular formula is C16H21NO4. The van der Waals surface area contributed by atoms with Crippen LogP contribution in [0.5, 0.6) is 0 Å². The van der Waals surface area contributed by atoms with E-state index in [0.29, 0.717) is 13.0 Å². The van der Waals surface area contributed by atoms with Crippen LogP contribution in [0.15, 0.2) is 24.3 Å². The summed E-state index contributed by atoms with van der Waals surface area (Å²) in [6.07, 6.45) is 0.436. The second kappa shape index (κ2) is 6.72. The van der Waals surface area contributed by atoms with Gasteiger partial charge < -0.3 is 15.2 Å². The number of ether oxygens (including phenoxy) is 1. The summed E-state index contributed by atoms with van der Waals surface area (Å²) in [6.45, 7) is 4.39. The summed E-state index contributed by atoms with van der Waals surface area (Å²) in [5.41, 5.74) is 1.85. The van der Waals surface area contributed by atoms with Gasteiger partial charge in [-0.1, -0.05) is 29.8 Å². The van der Waals surface area contributed by atoms with Crippen LogP contribution in [0, 0.1) is 12.8 Å². The fourth-order valence-corrected chi connectivity index (χ4v) is 2.67. The maximum atomic E-state index is 12.3. The van der Waals surface area contributed by atoms with Crippen molar-refractivity contribution in [1.82, 2.24) is 5.32 Å². The Morgan fingerprint density at radius 1 is 1.48 bits per heavy atom. The van der Waals surface area contributed by atoms with Crippen LogP contribution < -0.4 is 5.32 Å². The molecule has 114 valence electrons. The van der Waals surface area contributed by atoms with Gasteiger partial charge in [0.15, 0.2) is 0 Å². The Morgan fingerprint density at radius 3 is 2.81 bits per heavy atom. The number of carboxylic acid groups (broad SMARTS) is 1. The first-order valence-electron chi connectivity index (χ1n) is 7.17. The minimum absolute atomic E-state index is 0.118. The SMILES string of the molecule is Cc1cccc(C(CC(=O)O)NC(=O)C2CCOC2C)c1. The van der Waals surface area contributed by atoms with Gasteiger partial charge in [-0.15, -0.1) is 0 Å². The number of nitrogens with one attached hydrogen (secondary N) is 1. The van der Waals surface area contributed by atoms with Gasteiger partial charge in [0.1, 0.15) is 0 Å². The van der Waals surface area contributed by atoms with E-state index in [4.69, 9.17) is 9.84 Å². The normalized spacial score (nSPS) is 22.8. The van der Waals surface area contributed by atoms with E-state index in [1.807, 2.05) is 38.1 Å². The molecule has 1 aliphatic heterocycles. The van der Waals surface area contributed by atoms with Crippen LogP contribution >= 0.6 is 0 Å². The number of hydrogen-bond acceptors (Lipinski definition) is 3. The molecule has 2 rings (SSSR count). The first kappa shape index (κ1) is 15.5. The Labute approximate surface area is 124 Å². The predicted octanol–water partition coefficient (Wildman–Crippen LogP) is 2.05. The van der Waals surface area contributed by atoms with E-state index in [-0.39, 0.29) is 24.3 Å². The zero-order valence-electron chi connectivity index (χ0n) is 12.3. The number of aryl methyl sites for hydroxylation is 1. The Morgan fingerprint density at radius 2 is 2.24 bits per heavy atom. The lowest BCUT2D eigenvalue weighted by molar-refractivity contribution is -0.138. The van der Waals surface area contributed by atoms with Gasteiger partial charge in [0.2, 0.25) is 5.91 Å². The molecule has 3 unspecified atom stereocenters. The van der Waals surface area contributed by atoms with Crippen molar-refractivity contribution in [3.8, 4) is 0 Å². The fourth-order valence-electron chi connectivity index (χ4n) is 2.67. The van der Waals surface area contributed by atoms with Gasteiger partial charge in [0, 0.05) is 6.61 Å². The second-order valence-corrected chi connectivity index (χ2v) is 5.54. The van der Waals surface area contributed by atoms with Crippen LogP contribution in [-0.4, -0.2) is 29.7 Å². The highest BCUT2D eigenvalue weighted by molar-refractivity contribution is 5.80. The molecular weight excluding hydrogens is 270 g/mol. The monoisotopic (exact) mass is 291 g/mol. The van der Waals surface area contributed by atoms with Crippen LogP contribution in [0.4, 0.5) is 0 Å². The lowest BCUT2D eigenvalue weighted by Crippen LogP contribution is -2.37. The summed E-state index contributed by atoms with van der Waals surface area (Å²) < 4.78 is 5.40. The molecule has 0 bridgehead atoms. The number of carbonyl (C=O) groups is 2. The molecule has 0 radical (unpaired) electrons. The van der Waals surface area contributed by atoms with E-state index in [2.05, 4.69) is 5.32 Å². The summed E-state index contributed by atoms with van der Waals surface area (Å²) in [6, 6.07) is 7.05. The molecule has 1 fully saturated rings. The Hall–Kier alpha value is -1.88. The van der Waals surface area contributed by atoms with E-state index in [1.54, 1.807) is 0 Å². The number of rotatable bonds is 5. The predicted molar refractivity (Wildman–Crippen MR) is 77.8 cm³/mol. The van der Waals surface area contributed by atoms with Crippen molar-refractivity contribution in [1.29, 1.82) is 0 Å². The lowest BCUT2D eigenvalue weighted by Gasteiger charge is -2.21. The summed E-state index contributed by atoms with van der Waals surface area (Å²) in [4.78, 5) is 23.4. The third-order valence-electron chi connectivity index (χ3n) is 3.85. The molecule has 0 aromatic heterocycles. The Balaban J connectivity index is 2.13. The van der Waals surface area contributed by atoms with E-state index >= 15 is 0 Å². The van der Waals surface area contributed by atoms with Crippen molar-refractivity contribution < 1.29 is 19.4 Å². The average molecular weight is 291 g/mol. The van der Waals surface area contributed by atoms with E-state index in [0.717, 1.165) is 11.1 Å². The van der Waals surface area contributed by atoms with Gasteiger partial charge in [-0.3, -0.25) is 9.59 Å². The van der Waals surface area contributed by atoms with Crippen LogP contribution in [-0.2, 0) is 14.3 Å². The quantitative estimate of drug-likeness (QED) is 0.870. The van der Waals surface area contributed by atoms with Crippen molar-refractivity contribution in [3.63, 3.8) is 0 Å².